The number of hydrogen-bond donors (Lipinski definition) is 1. The zero-order chi connectivity index (χ0) is 15.3. The molecule has 0 saturated heterocycles. The Morgan fingerprint density at radius 1 is 0.952 bits per heavy atom. The fraction of sp³-hybridized carbons (Fsp3) is 0.789. The van der Waals surface area contributed by atoms with Crippen LogP contribution in [0.3, 0.4) is 0 Å². The molecular weight excluding hydrogens is 258 g/mol. The van der Waals surface area contributed by atoms with E-state index >= 15 is 0 Å². The first kappa shape index (κ1) is 18.1. The molecule has 0 aliphatic carbocycles. The summed E-state index contributed by atoms with van der Waals surface area (Å²) in [6, 6.07) is 0. The Kier molecular flexibility index (Phi) is 10.1. The predicted octanol–water partition coefficient (Wildman–Crippen LogP) is 6.26. The van der Waals surface area contributed by atoms with Crippen LogP contribution in [0.2, 0.25) is 0 Å². The maximum absolute atomic E-state index is 5.23. The van der Waals surface area contributed by atoms with Crippen molar-refractivity contribution in [2.24, 2.45) is 5.92 Å². The van der Waals surface area contributed by atoms with E-state index in [1.54, 1.807) is 0 Å². The van der Waals surface area contributed by atoms with Gasteiger partial charge in [0, 0.05) is 0 Å². The number of allylic oxidation sites excluding steroid dienone is 1. The van der Waals surface area contributed by atoms with Crippen molar-refractivity contribution in [3.05, 3.63) is 24.4 Å². The molecule has 0 saturated carbocycles. The van der Waals surface area contributed by atoms with Gasteiger partial charge in [0.1, 0.15) is 6.26 Å². The minimum atomic E-state index is 0.558. The molecule has 2 nitrogen and oxygen atoms in total. The number of hydrogen-bond acceptors (Lipinski definition) is 2. The van der Waals surface area contributed by atoms with Gasteiger partial charge in [-0.25, -0.2) is 0 Å². The fourth-order valence-electron chi connectivity index (χ4n) is 2.86. The second kappa shape index (κ2) is 11.7. The molecule has 0 bridgehead atoms. The first-order valence-corrected chi connectivity index (χ1v) is 9.06. The number of nitrogens with one attached hydrogen (secondary N) is 1. The molecular formula is C19H35NO. The van der Waals surface area contributed by atoms with Crippen molar-refractivity contribution >= 4 is 0 Å². The lowest BCUT2D eigenvalue weighted by atomic mass is 9.99. The van der Waals surface area contributed by atoms with Crippen LogP contribution in [0.4, 0.5) is 0 Å². The third kappa shape index (κ3) is 8.85. The van der Waals surface area contributed by atoms with Gasteiger partial charge in [-0.3, -0.25) is 0 Å². The lowest BCUT2D eigenvalue weighted by Crippen LogP contribution is -2.12. The van der Waals surface area contributed by atoms with Crippen LogP contribution in [-0.2, 0) is 4.74 Å². The molecule has 1 unspecified atom stereocenters. The lowest BCUT2D eigenvalue weighted by molar-refractivity contribution is 0.359. The number of unbranched alkanes of at least 4 members (excludes halogenated alkanes) is 10. The molecule has 1 aliphatic rings. The summed E-state index contributed by atoms with van der Waals surface area (Å²) in [4.78, 5) is 0. The summed E-state index contributed by atoms with van der Waals surface area (Å²) in [7, 11) is 0. The average Bonchev–Trinajstić information content (AvgIpc) is 2.91. The van der Waals surface area contributed by atoms with Gasteiger partial charge in [-0.05, 0) is 18.9 Å². The van der Waals surface area contributed by atoms with Crippen molar-refractivity contribution in [1.29, 1.82) is 0 Å². The Bertz CT molecular complexity index is 309. The van der Waals surface area contributed by atoms with E-state index in [2.05, 4.69) is 25.7 Å². The SMILES string of the molecule is C=C1NC(C(C)CCCCCCCCCCCCC)=CO1. The number of rotatable bonds is 13. The smallest absolute Gasteiger partial charge is 0.189 e. The molecule has 0 aromatic carbocycles. The van der Waals surface area contributed by atoms with E-state index in [-0.39, 0.29) is 0 Å². The molecule has 1 heterocycles. The maximum atomic E-state index is 5.23. The summed E-state index contributed by atoms with van der Waals surface area (Å²) in [6.45, 7) is 8.31. The van der Waals surface area contributed by atoms with Gasteiger partial charge in [-0.2, -0.15) is 0 Å². The Balaban J connectivity index is 1.83. The van der Waals surface area contributed by atoms with Crippen LogP contribution >= 0.6 is 0 Å². The summed E-state index contributed by atoms with van der Waals surface area (Å²) >= 11 is 0. The van der Waals surface area contributed by atoms with E-state index in [0.717, 1.165) is 0 Å². The van der Waals surface area contributed by atoms with Gasteiger partial charge >= 0.3 is 0 Å². The van der Waals surface area contributed by atoms with Gasteiger partial charge in [0.05, 0.1) is 5.70 Å². The zero-order valence-electron chi connectivity index (χ0n) is 14.3. The minimum absolute atomic E-state index is 0.558. The van der Waals surface area contributed by atoms with Gasteiger partial charge in [0.2, 0.25) is 0 Å². The largest absolute Gasteiger partial charge is 0.448 e. The highest BCUT2D eigenvalue weighted by molar-refractivity contribution is 5.12. The summed E-state index contributed by atoms with van der Waals surface area (Å²) < 4.78 is 5.23. The molecule has 21 heavy (non-hydrogen) atoms. The monoisotopic (exact) mass is 293 g/mol. The van der Waals surface area contributed by atoms with Crippen molar-refractivity contribution in [2.75, 3.05) is 0 Å². The van der Waals surface area contributed by atoms with Crippen molar-refractivity contribution in [2.45, 2.75) is 90.9 Å². The average molecular weight is 293 g/mol. The maximum Gasteiger partial charge on any atom is 0.189 e. The van der Waals surface area contributed by atoms with Crippen LogP contribution < -0.4 is 5.32 Å². The third-order valence-electron chi connectivity index (χ3n) is 4.38. The van der Waals surface area contributed by atoms with Gasteiger partial charge < -0.3 is 10.1 Å². The molecule has 0 radical (unpaired) electrons. The van der Waals surface area contributed by atoms with Crippen LogP contribution in [-0.4, -0.2) is 0 Å². The van der Waals surface area contributed by atoms with Crippen molar-refractivity contribution in [3.8, 4) is 0 Å². The third-order valence-corrected chi connectivity index (χ3v) is 4.38. The quantitative estimate of drug-likeness (QED) is 0.405. The van der Waals surface area contributed by atoms with E-state index in [4.69, 9.17) is 4.74 Å². The van der Waals surface area contributed by atoms with Crippen molar-refractivity contribution < 1.29 is 4.74 Å². The molecule has 0 fully saturated rings. The molecule has 1 aliphatic heterocycles. The van der Waals surface area contributed by atoms with E-state index < -0.39 is 0 Å². The predicted molar refractivity (Wildman–Crippen MR) is 91.7 cm³/mol. The second-order valence-electron chi connectivity index (χ2n) is 6.46. The van der Waals surface area contributed by atoms with Gasteiger partial charge in [0.25, 0.3) is 0 Å². The Labute approximate surface area is 132 Å². The van der Waals surface area contributed by atoms with E-state index in [9.17, 15) is 0 Å². The molecule has 0 amide bonds. The first-order chi connectivity index (χ1) is 10.2. The summed E-state index contributed by atoms with van der Waals surface area (Å²) in [5.41, 5.74) is 1.19. The van der Waals surface area contributed by atoms with Crippen molar-refractivity contribution in [1.82, 2.24) is 5.32 Å². The van der Waals surface area contributed by atoms with Crippen molar-refractivity contribution in [3.63, 3.8) is 0 Å². The number of ether oxygens (including phenoxy) is 1. The lowest BCUT2D eigenvalue weighted by Gasteiger charge is -2.11. The van der Waals surface area contributed by atoms with Crippen LogP contribution in [0.5, 0.6) is 0 Å². The summed E-state index contributed by atoms with van der Waals surface area (Å²) in [5.74, 6) is 1.22. The molecule has 2 heteroatoms. The molecule has 122 valence electrons. The van der Waals surface area contributed by atoms with Gasteiger partial charge in [-0.15, -0.1) is 0 Å². The van der Waals surface area contributed by atoms with Crippen LogP contribution in [0.25, 0.3) is 0 Å². The highest BCUT2D eigenvalue weighted by Crippen LogP contribution is 2.21. The van der Waals surface area contributed by atoms with E-state index in [0.29, 0.717) is 11.8 Å². The summed E-state index contributed by atoms with van der Waals surface area (Å²) in [5, 5.41) is 3.19. The van der Waals surface area contributed by atoms with Gasteiger partial charge in [0.15, 0.2) is 5.88 Å². The molecule has 1 rings (SSSR count). The standard InChI is InChI=1S/C19H35NO/c1-4-5-6-7-8-9-10-11-12-13-14-15-17(2)19-16-21-18(3)20-19/h16-17,20H,3-15H2,1-2H3. The van der Waals surface area contributed by atoms with Crippen LogP contribution in [0.15, 0.2) is 24.4 Å². The highest BCUT2D eigenvalue weighted by atomic mass is 16.5. The highest BCUT2D eigenvalue weighted by Gasteiger charge is 2.14. The molecule has 1 N–H and O–H groups in total. The molecule has 0 aromatic rings. The first-order valence-electron chi connectivity index (χ1n) is 9.06. The second-order valence-corrected chi connectivity index (χ2v) is 6.46. The van der Waals surface area contributed by atoms with Crippen LogP contribution in [0.1, 0.15) is 90.9 Å². The normalized spacial score (nSPS) is 15.5. The van der Waals surface area contributed by atoms with E-state index in [1.807, 2.05) is 6.26 Å². The molecule has 1 atom stereocenters. The minimum Gasteiger partial charge on any atom is -0.448 e. The topological polar surface area (TPSA) is 21.3 Å². The fourth-order valence-corrected chi connectivity index (χ4v) is 2.86. The molecule has 0 aromatic heterocycles. The van der Waals surface area contributed by atoms with Gasteiger partial charge in [-0.1, -0.05) is 84.5 Å². The van der Waals surface area contributed by atoms with Crippen LogP contribution in [0, 0.1) is 5.92 Å². The Hall–Kier alpha value is -0.920. The Morgan fingerprint density at radius 3 is 1.95 bits per heavy atom. The Morgan fingerprint density at radius 2 is 1.48 bits per heavy atom. The summed E-state index contributed by atoms with van der Waals surface area (Å²) in [6.07, 6.45) is 18.5. The molecule has 0 spiro atoms. The zero-order valence-corrected chi connectivity index (χ0v) is 14.3. The van der Waals surface area contributed by atoms with E-state index in [1.165, 1.54) is 82.7 Å².